The molecule has 0 radical (unpaired) electrons. The third kappa shape index (κ3) is 3.29. The van der Waals surface area contributed by atoms with Crippen LogP contribution in [0, 0.1) is 10.1 Å². The molecule has 4 N–H and O–H groups in total. The molecule has 1 saturated heterocycles. The Hall–Kier alpha value is -1.49. The van der Waals surface area contributed by atoms with Crippen LogP contribution in [0.15, 0.2) is 18.2 Å². The van der Waals surface area contributed by atoms with Crippen molar-refractivity contribution in [1.82, 2.24) is 0 Å². The molecule has 22 heavy (non-hydrogen) atoms. The highest BCUT2D eigenvalue weighted by atomic mass is 35.5. The molecule has 1 aliphatic heterocycles. The van der Waals surface area contributed by atoms with Crippen LogP contribution in [0.3, 0.4) is 0 Å². The summed E-state index contributed by atoms with van der Waals surface area (Å²) >= 11 is 5.85. The van der Waals surface area contributed by atoms with Crippen LogP contribution in [0.25, 0.3) is 0 Å². The normalized spacial score (nSPS) is 31.8. The Morgan fingerprint density at radius 3 is 2.50 bits per heavy atom. The van der Waals surface area contributed by atoms with Crippen molar-refractivity contribution in [3.05, 3.63) is 33.3 Å². The summed E-state index contributed by atoms with van der Waals surface area (Å²) in [4.78, 5) is 9.98. The maximum Gasteiger partial charge on any atom is 0.271 e. The van der Waals surface area contributed by atoms with Crippen molar-refractivity contribution >= 4 is 17.3 Å². The minimum Gasteiger partial charge on any atom is -0.460 e. The van der Waals surface area contributed by atoms with E-state index < -0.39 is 42.2 Å². The monoisotopic (exact) mass is 335 g/mol. The summed E-state index contributed by atoms with van der Waals surface area (Å²) in [5.41, 5.74) is -0.244. The molecule has 122 valence electrons. The third-order valence-corrected chi connectivity index (χ3v) is 3.51. The molecule has 0 bridgehead atoms. The van der Waals surface area contributed by atoms with Crippen molar-refractivity contribution in [1.29, 1.82) is 0 Å². The second-order valence-corrected chi connectivity index (χ2v) is 5.09. The molecular weight excluding hydrogens is 322 g/mol. The van der Waals surface area contributed by atoms with E-state index in [1.807, 2.05) is 0 Å². The molecule has 0 spiro atoms. The maximum atomic E-state index is 10.6. The smallest absolute Gasteiger partial charge is 0.271 e. The van der Waals surface area contributed by atoms with E-state index in [0.717, 1.165) is 12.1 Å². The van der Waals surface area contributed by atoms with Crippen molar-refractivity contribution in [2.24, 2.45) is 0 Å². The van der Waals surface area contributed by atoms with Gasteiger partial charge in [-0.05, 0) is 6.07 Å². The molecule has 9 nitrogen and oxygen atoms in total. The summed E-state index contributed by atoms with van der Waals surface area (Å²) in [5.74, 6) is -0.0170. The molecule has 1 aliphatic rings. The van der Waals surface area contributed by atoms with Crippen molar-refractivity contribution in [2.45, 2.75) is 30.7 Å². The summed E-state index contributed by atoms with van der Waals surface area (Å²) in [6.07, 6.45) is -7.22. The minimum absolute atomic E-state index is 0.0170. The molecule has 0 aromatic heterocycles. The van der Waals surface area contributed by atoms with E-state index in [1.54, 1.807) is 0 Å². The fourth-order valence-electron chi connectivity index (χ4n) is 1.99. The zero-order chi connectivity index (χ0) is 16.4. The molecule has 2 rings (SSSR count). The number of non-ortho nitro benzene ring substituents is 1. The molecule has 10 heteroatoms. The Labute approximate surface area is 129 Å². The number of halogens is 1. The van der Waals surface area contributed by atoms with Crippen LogP contribution >= 0.6 is 11.6 Å². The molecule has 2 unspecified atom stereocenters. The molecule has 5 atom stereocenters. The number of benzene rings is 1. The van der Waals surface area contributed by atoms with Crippen LogP contribution in [0.1, 0.15) is 0 Å². The standard InChI is InChI=1S/C12H14ClNO8/c13-6-3-5(14(19)20)1-2-7(6)21-12-11(18)10(17)9(16)8(4-15)22-12/h1-3,8-12,15-18H,4H2/t8?,9-,10?,11+,12-/m1/s1. The van der Waals surface area contributed by atoms with Gasteiger partial charge in [0, 0.05) is 12.1 Å². The Kier molecular flexibility index (Phi) is 5.16. The van der Waals surface area contributed by atoms with Gasteiger partial charge in [0.15, 0.2) is 0 Å². The molecule has 1 heterocycles. The Balaban J connectivity index is 2.17. The van der Waals surface area contributed by atoms with Gasteiger partial charge in [-0.2, -0.15) is 0 Å². The highest BCUT2D eigenvalue weighted by Crippen LogP contribution is 2.31. The first-order chi connectivity index (χ1) is 10.3. The van der Waals surface area contributed by atoms with E-state index in [9.17, 15) is 25.4 Å². The summed E-state index contributed by atoms with van der Waals surface area (Å²) < 4.78 is 10.4. The second-order valence-electron chi connectivity index (χ2n) is 4.69. The number of hydrogen-bond donors (Lipinski definition) is 4. The highest BCUT2D eigenvalue weighted by Gasteiger charge is 2.44. The highest BCUT2D eigenvalue weighted by molar-refractivity contribution is 6.32. The van der Waals surface area contributed by atoms with E-state index in [0.29, 0.717) is 0 Å². The van der Waals surface area contributed by atoms with Crippen molar-refractivity contribution < 1.29 is 34.8 Å². The summed E-state index contributed by atoms with van der Waals surface area (Å²) in [6, 6.07) is 3.41. The molecule has 0 amide bonds. The van der Waals surface area contributed by atoms with Crippen LogP contribution in [0.5, 0.6) is 5.75 Å². The molecule has 1 fully saturated rings. The minimum atomic E-state index is -1.59. The first-order valence-corrected chi connectivity index (χ1v) is 6.64. The quantitative estimate of drug-likeness (QED) is 0.423. The Morgan fingerprint density at radius 2 is 1.95 bits per heavy atom. The number of hydrogen-bond acceptors (Lipinski definition) is 8. The molecule has 1 aromatic rings. The van der Waals surface area contributed by atoms with Crippen LogP contribution in [0.4, 0.5) is 5.69 Å². The molecule has 1 aromatic carbocycles. The van der Waals surface area contributed by atoms with Gasteiger partial charge in [0.05, 0.1) is 16.6 Å². The lowest BCUT2D eigenvalue weighted by Gasteiger charge is -2.39. The lowest BCUT2D eigenvalue weighted by molar-refractivity contribution is -0.384. The van der Waals surface area contributed by atoms with Crippen molar-refractivity contribution in [3.63, 3.8) is 0 Å². The van der Waals surface area contributed by atoms with Crippen LogP contribution < -0.4 is 4.74 Å². The zero-order valence-electron chi connectivity index (χ0n) is 11.1. The van der Waals surface area contributed by atoms with Crippen LogP contribution in [-0.2, 0) is 4.74 Å². The van der Waals surface area contributed by atoms with Gasteiger partial charge in [-0.15, -0.1) is 0 Å². The third-order valence-electron chi connectivity index (χ3n) is 3.22. The lowest BCUT2D eigenvalue weighted by atomic mass is 9.99. The summed E-state index contributed by atoms with van der Waals surface area (Å²) in [6.45, 7) is -0.598. The van der Waals surface area contributed by atoms with Gasteiger partial charge in [-0.1, -0.05) is 11.6 Å². The van der Waals surface area contributed by atoms with Crippen LogP contribution in [-0.4, -0.2) is 62.7 Å². The number of aliphatic hydroxyl groups excluding tert-OH is 4. The number of nitro benzene ring substituents is 1. The molecule has 0 aliphatic carbocycles. The summed E-state index contributed by atoms with van der Waals surface area (Å²) in [7, 11) is 0. The van der Waals surface area contributed by atoms with Gasteiger partial charge in [0.25, 0.3) is 5.69 Å². The average Bonchev–Trinajstić information content (AvgIpc) is 2.49. The second kappa shape index (κ2) is 6.73. The van der Waals surface area contributed by atoms with Crippen molar-refractivity contribution in [2.75, 3.05) is 6.61 Å². The lowest BCUT2D eigenvalue weighted by Crippen LogP contribution is -2.60. The van der Waals surface area contributed by atoms with Gasteiger partial charge >= 0.3 is 0 Å². The Bertz CT molecular complexity index is 554. The maximum absolute atomic E-state index is 10.6. The van der Waals surface area contributed by atoms with E-state index in [1.165, 1.54) is 6.07 Å². The number of nitrogens with zero attached hydrogens (tertiary/aromatic N) is 1. The average molecular weight is 336 g/mol. The van der Waals surface area contributed by atoms with E-state index in [4.69, 9.17) is 26.2 Å². The predicted octanol–water partition coefficient (Wildman–Crippen LogP) is -0.573. The van der Waals surface area contributed by atoms with Gasteiger partial charge in [0.2, 0.25) is 6.29 Å². The largest absolute Gasteiger partial charge is 0.460 e. The van der Waals surface area contributed by atoms with E-state index >= 15 is 0 Å². The molecule has 0 saturated carbocycles. The predicted molar refractivity (Wildman–Crippen MR) is 72.5 cm³/mol. The number of aliphatic hydroxyl groups is 4. The van der Waals surface area contributed by atoms with E-state index in [2.05, 4.69) is 0 Å². The fourth-order valence-corrected chi connectivity index (χ4v) is 2.21. The van der Waals surface area contributed by atoms with Crippen molar-refractivity contribution in [3.8, 4) is 5.75 Å². The van der Waals surface area contributed by atoms with Crippen LogP contribution in [0.2, 0.25) is 5.02 Å². The summed E-state index contributed by atoms with van der Waals surface area (Å²) in [5, 5.41) is 48.7. The van der Waals surface area contributed by atoms with Gasteiger partial charge in [-0.25, -0.2) is 0 Å². The Morgan fingerprint density at radius 1 is 1.27 bits per heavy atom. The van der Waals surface area contributed by atoms with Gasteiger partial charge in [-0.3, -0.25) is 10.1 Å². The van der Waals surface area contributed by atoms with Gasteiger partial charge in [0.1, 0.15) is 30.2 Å². The topological polar surface area (TPSA) is 143 Å². The molecular formula is C12H14ClNO8. The number of rotatable bonds is 4. The van der Waals surface area contributed by atoms with E-state index in [-0.39, 0.29) is 16.5 Å². The first kappa shape index (κ1) is 16.9. The number of nitro groups is 1. The zero-order valence-corrected chi connectivity index (χ0v) is 11.8. The first-order valence-electron chi connectivity index (χ1n) is 6.26. The number of ether oxygens (including phenoxy) is 2. The van der Waals surface area contributed by atoms with Gasteiger partial charge < -0.3 is 29.9 Å². The SMILES string of the molecule is O=[N+]([O-])c1ccc(O[C@@H]2OC(CO)[C@@H](O)C(O)[C@@H]2O)c(Cl)c1. The fraction of sp³-hybridized carbons (Fsp3) is 0.500.